The minimum Gasteiger partial charge on any atom is -0.326 e. The lowest BCUT2D eigenvalue weighted by molar-refractivity contribution is -0.119. The maximum atomic E-state index is 12.0. The van der Waals surface area contributed by atoms with Crippen LogP contribution >= 0.6 is 0 Å². The number of carbonyl (C=O) groups is 1. The molecule has 1 unspecified atom stereocenters. The Morgan fingerprint density at radius 3 is 2.70 bits per heavy atom. The Bertz CT molecular complexity index is 607. The van der Waals surface area contributed by atoms with Crippen molar-refractivity contribution >= 4 is 27.3 Å². The third-order valence-corrected chi connectivity index (χ3v) is 3.81. The number of nitrogens with one attached hydrogen (secondary N) is 3. The Balaban J connectivity index is 2.07. The van der Waals surface area contributed by atoms with Crippen molar-refractivity contribution in [2.24, 2.45) is 5.92 Å². The molecule has 6 nitrogen and oxygen atoms in total. The third-order valence-electron chi connectivity index (χ3n) is 3.22. The topological polar surface area (TPSA) is 87.3 Å². The second-order valence-corrected chi connectivity index (χ2v) is 6.83. The monoisotopic (exact) mass is 297 g/mol. The fraction of sp³-hybridized carbons (Fsp3) is 0.462. The molecule has 0 radical (unpaired) electrons. The number of hydrogen-bond acceptors (Lipinski definition) is 4. The van der Waals surface area contributed by atoms with Crippen molar-refractivity contribution in [3.63, 3.8) is 0 Å². The first-order chi connectivity index (χ1) is 9.35. The minimum absolute atomic E-state index is 0.00165. The lowest BCUT2D eigenvalue weighted by Crippen LogP contribution is -2.24. The molecule has 0 aromatic heterocycles. The standard InChI is InChI=1S/C13H19N3O3S/c1-9-7-11(3-4-12(9)16-20(2,18)19)15-13(17)10-5-6-14-8-10/h3-4,7,10,14,16H,5-6,8H2,1-2H3,(H,15,17). The summed E-state index contributed by atoms with van der Waals surface area (Å²) in [5.41, 5.74) is 1.96. The van der Waals surface area contributed by atoms with Crippen molar-refractivity contribution in [3.05, 3.63) is 23.8 Å². The van der Waals surface area contributed by atoms with Gasteiger partial charge in [-0.1, -0.05) is 0 Å². The van der Waals surface area contributed by atoms with Gasteiger partial charge in [-0.3, -0.25) is 9.52 Å². The first kappa shape index (κ1) is 14.8. The van der Waals surface area contributed by atoms with Crippen LogP contribution < -0.4 is 15.4 Å². The number of benzene rings is 1. The van der Waals surface area contributed by atoms with Crippen molar-refractivity contribution in [1.29, 1.82) is 0 Å². The SMILES string of the molecule is Cc1cc(NC(=O)C2CCNC2)ccc1NS(C)(=O)=O. The minimum atomic E-state index is -3.29. The summed E-state index contributed by atoms with van der Waals surface area (Å²) in [6.45, 7) is 3.37. The number of hydrogen-bond donors (Lipinski definition) is 3. The average molecular weight is 297 g/mol. The van der Waals surface area contributed by atoms with Gasteiger partial charge in [-0.05, 0) is 43.7 Å². The molecule has 3 N–H and O–H groups in total. The number of sulfonamides is 1. The van der Waals surface area contributed by atoms with E-state index in [0.29, 0.717) is 17.9 Å². The molecule has 1 aromatic rings. The van der Waals surface area contributed by atoms with E-state index in [-0.39, 0.29) is 11.8 Å². The van der Waals surface area contributed by atoms with Gasteiger partial charge in [-0.2, -0.15) is 0 Å². The van der Waals surface area contributed by atoms with Gasteiger partial charge in [0.2, 0.25) is 15.9 Å². The van der Waals surface area contributed by atoms with Crippen molar-refractivity contribution in [1.82, 2.24) is 5.32 Å². The van der Waals surface area contributed by atoms with E-state index in [1.54, 1.807) is 25.1 Å². The largest absolute Gasteiger partial charge is 0.326 e. The van der Waals surface area contributed by atoms with Crippen LogP contribution in [0.25, 0.3) is 0 Å². The van der Waals surface area contributed by atoms with Gasteiger partial charge in [0.15, 0.2) is 0 Å². The highest BCUT2D eigenvalue weighted by Crippen LogP contribution is 2.21. The van der Waals surface area contributed by atoms with Crippen molar-refractivity contribution in [3.8, 4) is 0 Å². The number of rotatable bonds is 4. The maximum absolute atomic E-state index is 12.0. The summed E-state index contributed by atoms with van der Waals surface area (Å²) in [6, 6.07) is 5.10. The number of anilines is 2. The highest BCUT2D eigenvalue weighted by atomic mass is 32.2. The highest BCUT2D eigenvalue weighted by Gasteiger charge is 2.22. The molecule has 0 spiro atoms. The fourth-order valence-electron chi connectivity index (χ4n) is 2.18. The van der Waals surface area contributed by atoms with Gasteiger partial charge in [0.25, 0.3) is 0 Å². The summed E-state index contributed by atoms with van der Waals surface area (Å²) in [5.74, 6) is 0.00218. The Hall–Kier alpha value is -1.60. The molecular weight excluding hydrogens is 278 g/mol. The lowest BCUT2D eigenvalue weighted by atomic mass is 10.1. The average Bonchev–Trinajstić information content (AvgIpc) is 2.85. The van der Waals surface area contributed by atoms with Crippen LogP contribution in [0.5, 0.6) is 0 Å². The van der Waals surface area contributed by atoms with E-state index < -0.39 is 10.0 Å². The molecule has 1 aliphatic heterocycles. The second-order valence-electron chi connectivity index (χ2n) is 5.08. The molecule has 0 saturated carbocycles. The van der Waals surface area contributed by atoms with E-state index in [1.165, 1.54) is 0 Å². The normalized spacial score (nSPS) is 18.8. The Morgan fingerprint density at radius 2 is 2.15 bits per heavy atom. The zero-order chi connectivity index (χ0) is 14.8. The van der Waals surface area contributed by atoms with Crippen LogP contribution in [0.15, 0.2) is 18.2 Å². The molecule has 2 rings (SSSR count). The van der Waals surface area contributed by atoms with Gasteiger partial charge in [-0.25, -0.2) is 8.42 Å². The Kier molecular flexibility index (Phi) is 4.29. The summed E-state index contributed by atoms with van der Waals surface area (Å²) in [6.07, 6.45) is 1.95. The molecule has 0 bridgehead atoms. The molecule has 0 aliphatic carbocycles. The highest BCUT2D eigenvalue weighted by molar-refractivity contribution is 7.92. The number of carbonyl (C=O) groups excluding carboxylic acids is 1. The van der Waals surface area contributed by atoms with Gasteiger partial charge in [0, 0.05) is 12.2 Å². The zero-order valence-electron chi connectivity index (χ0n) is 11.6. The molecule has 1 aromatic carbocycles. The number of aryl methyl sites for hydroxylation is 1. The van der Waals surface area contributed by atoms with Crippen molar-refractivity contribution in [2.45, 2.75) is 13.3 Å². The van der Waals surface area contributed by atoms with Gasteiger partial charge in [0.05, 0.1) is 17.9 Å². The van der Waals surface area contributed by atoms with Crippen LogP contribution in [-0.2, 0) is 14.8 Å². The van der Waals surface area contributed by atoms with E-state index in [4.69, 9.17) is 0 Å². The second kappa shape index (κ2) is 5.80. The van der Waals surface area contributed by atoms with Crippen molar-refractivity contribution < 1.29 is 13.2 Å². The maximum Gasteiger partial charge on any atom is 0.229 e. The van der Waals surface area contributed by atoms with E-state index in [1.807, 2.05) is 0 Å². The molecule has 1 amide bonds. The summed E-state index contributed by atoms with van der Waals surface area (Å²) in [7, 11) is -3.29. The smallest absolute Gasteiger partial charge is 0.229 e. The zero-order valence-corrected chi connectivity index (χ0v) is 12.4. The van der Waals surface area contributed by atoms with Crippen LogP contribution in [-0.4, -0.2) is 33.7 Å². The quantitative estimate of drug-likeness (QED) is 0.771. The first-order valence-electron chi connectivity index (χ1n) is 6.45. The molecule has 1 fully saturated rings. The fourth-order valence-corrected chi connectivity index (χ4v) is 2.81. The Morgan fingerprint density at radius 1 is 1.40 bits per heavy atom. The molecule has 1 aliphatic rings. The predicted molar refractivity (Wildman–Crippen MR) is 79.3 cm³/mol. The lowest BCUT2D eigenvalue weighted by Gasteiger charge is -2.12. The predicted octanol–water partition coefficient (Wildman–Crippen LogP) is 0.915. The van der Waals surface area contributed by atoms with Gasteiger partial charge < -0.3 is 10.6 Å². The van der Waals surface area contributed by atoms with Crippen LogP contribution in [0.4, 0.5) is 11.4 Å². The molecule has 20 heavy (non-hydrogen) atoms. The first-order valence-corrected chi connectivity index (χ1v) is 8.34. The summed E-state index contributed by atoms with van der Waals surface area (Å²) < 4.78 is 24.8. The van der Waals surface area contributed by atoms with Crippen molar-refractivity contribution in [2.75, 3.05) is 29.4 Å². The van der Waals surface area contributed by atoms with Crippen LogP contribution in [0.2, 0.25) is 0 Å². The van der Waals surface area contributed by atoms with Crippen LogP contribution in [0.1, 0.15) is 12.0 Å². The molecular formula is C13H19N3O3S. The summed E-state index contributed by atoms with van der Waals surface area (Å²) in [5, 5.41) is 6.01. The summed E-state index contributed by atoms with van der Waals surface area (Å²) in [4.78, 5) is 12.0. The van der Waals surface area contributed by atoms with E-state index in [0.717, 1.165) is 24.8 Å². The molecule has 1 atom stereocenters. The molecule has 1 heterocycles. The Labute approximate surface area is 119 Å². The third kappa shape index (κ3) is 3.94. The van der Waals surface area contributed by atoms with E-state index >= 15 is 0 Å². The summed E-state index contributed by atoms with van der Waals surface area (Å²) >= 11 is 0. The van der Waals surface area contributed by atoms with E-state index in [9.17, 15) is 13.2 Å². The molecule has 110 valence electrons. The van der Waals surface area contributed by atoms with Gasteiger partial charge >= 0.3 is 0 Å². The van der Waals surface area contributed by atoms with Gasteiger partial charge in [-0.15, -0.1) is 0 Å². The molecule has 1 saturated heterocycles. The van der Waals surface area contributed by atoms with E-state index in [2.05, 4.69) is 15.4 Å². The molecule has 7 heteroatoms. The number of amides is 1. The van der Waals surface area contributed by atoms with Gasteiger partial charge in [0.1, 0.15) is 0 Å². The van der Waals surface area contributed by atoms with Crippen LogP contribution in [0, 0.1) is 12.8 Å². The van der Waals surface area contributed by atoms with Crippen LogP contribution in [0.3, 0.4) is 0 Å².